The summed E-state index contributed by atoms with van der Waals surface area (Å²) in [4.78, 5) is 11.5. The van der Waals surface area contributed by atoms with Crippen LogP contribution in [0.15, 0.2) is 29.5 Å². The molecule has 6 nitrogen and oxygen atoms in total. The molecule has 4 rings (SSSR count). The molecule has 1 saturated heterocycles. The molecule has 0 radical (unpaired) electrons. The molecule has 0 unspecified atom stereocenters. The van der Waals surface area contributed by atoms with Crippen LogP contribution in [0.4, 0.5) is 0 Å². The quantitative estimate of drug-likeness (QED) is 0.403. The van der Waals surface area contributed by atoms with Crippen LogP contribution in [-0.2, 0) is 11.3 Å². The highest BCUT2D eigenvalue weighted by atomic mass is 127. The van der Waals surface area contributed by atoms with Gasteiger partial charge in [-0.25, -0.2) is 4.98 Å². The van der Waals surface area contributed by atoms with E-state index in [1.807, 2.05) is 7.05 Å². The van der Waals surface area contributed by atoms with Crippen molar-refractivity contribution in [2.24, 2.45) is 10.9 Å². The standard InChI is InChI=1S/C20H29N5O.HI/c1-15-5-8-25-13-17(23-19(25)11-15)12-22-20(21-2)24-9-6-18(7-10-24)26-14-16-3-4-16;/h5,8,11,13,16,18H,3-4,6-7,9-10,12,14H2,1-2H3,(H,21,22);1H. The number of nitrogens with one attached hydrogen (secondary N) is 1. The maximum atomic E-state index is 6.04. The molecule has 0 spiro atoms. The third-order valence-electron chi connectivity index (χ3n) is 5.31. The smallest absolute Gasteiger partial charge is 0.193 e. The monoisotopic (exact) mass is 483 g/mol. The molecule has 148 valence electrons. The van der Waals surface area contributed by atoms with Crippen molar-refractivity contribution >= 4 is 35.6 Å². The van der Waals surface area contributed by atoms with Gasteiger partial charge < -0.3 is 19.4 Å². The Balaban J connectivity index is 0.00000210. The van der Waals surface area contributed by atoms with E-state index in [2.05, 4.69) is 51.1 Å². The van der Waals surface area contributed by atoms with Crippen LogP contribution >= 0.6 is 24.0 Å². The van der Waals surface area contributed by atoms with Crippen molar-refractivity contribution in [3.8, 4) is 0 Å². The van der Waals surface area contributed by atoms with Crippen LogP contribution in [-0.4, -0.2) is 53.1 Å². The van der Waals surface area contributed by atoms with Crippen LogP contribution < -0.4 is 5.32 Å². The fraction of sp³-hybridized carbons (Fsp3) is 0.600. The first-order valence-corrected chi connectivity index (χ1v) is 9.72. The molecular weight excluding hydrogens is 453 g/mol. The maximum Gasteiger partial charge on any atom is 0.193 e. The van der Waals surface area contributed by atoms with Gasteiger partial charge in [-0.2, -0.15) is 0 Å². The third-order valence-corrected chi connectivity index (χ3v) is 5.31. The Morgan fingerprint density at radius 3 is 2.78 bits per heavy atom. The molecule has 3 heterocycles. The molecule has 27 heavy (non-hydrogen) atoms. The third kappa shape index (κ3) is 5.34. The van der Waals surface area contributed by atoms with Gasteiger partial charge >= 0.3 is 0 Å². The van der Waals surface area contributed by atoms with Gasteiger partial charge in [-0.1, -0.05) is 0 Å². The van der Waals surface area contributed by atoms with Crippen molar-refractivity contribution in [2.75, 3.05) is 26.7 Å². The predicted molar refractivity (Wildman–Crippen MR) is 119 cm³/mol. The Hall–Kier alpha value is -1.35. The number of hydrogen-bond acceptors (Lipinski definition) is 3. The fourth-order valence-corrected chi connectivity index (χ4v) is 3.51. The summed E-state index contributed by atoms with van der Waals surface area (Å²) in [5, 5.41) is 3.47. The highest BCUT2D eigenvalue weighted by Gasteiger charge is 2.26. The van der Waals surface area contributed by atoms with Crippen LogP contribution in [0.2, 0.25) is 0 Å². The Bertz CT molecular complexity index is 778. The zero-order chi connectivity index (χ0) is 17.9. The van der Waals surface area contributed by atoms with Crippen molar-refractivity contribution in [1.82, 2.24) is 19.6 Å². The second-order valence-corrected chi connectivity index (χ2v) is 7.57. The summed E-state index contributed by atoms with van der Waals surface area (Å²) in [5.74, 6) is 1.80. The molecule has 1 aliphatic heterocycles. The molecule has 2 aromatic rings. The lowest BCUT2D eigenvalue weighted by Gasteiger charge is -2.34. The molecule has 1 saturated carbocycles. The van der Waals surface area contributed by atoms with Crippen molar-refractivity contribution in [1.29, 1.82) is 0 Å². The van der Waals surface area contributed by atoms with Crippen LogP contribution in [0.1, 0.15) is 36.9 Å². The van der Waals surface area contributed by atoms with E-state index in [1.165, 1.54) is 18.4 Å². The number of nitrogens with zero attached hydrogens (tertiary/aromatic N) is 4. The van der Waals surface area contributed by atoms with Crippen molar-refractivity contribution in [2.45, 2.75) is 45.3 Å². The Labute approximate surface area is 178 Å². The minimum absolute atomic E-state index is 0. The SMILES string of the molecule is CN=C(NCc1cn2ccc(C)cc2n1)N1CCC(OCC2CC2)CC1.I. The average Bonchev–Trinajstić information content (AvgIpc) is 3.40. The first kappa shape index (κ1) is 20.4. The fourth-order valence-electron chi connectivity index (χ4n) is 3.51. The normalized spacial score (nSPS) is 18.6. The van der Waals surface area contributed by atoms with Crippen molar-refractivity contribution < 1.29 is 4.74 Å². The maximum absolute atomic E-state index is 6.04. The van der Waals surface area contributed by atoms with E-state index in [0.717, 1.165) is 55.8 Å². The molecular formula is C20H30IN5O. The summed E-state index contributed by atoms with van der Waals surface area (Å²) >= 11 is 0. The number of likely N-dealkylation sites (tertiary alicyclic amines) is 1. The van der Waals surface area contributed by atoms with Gasteiger partial charge in [0.15, 0.2) is 5.96 Å². The molecule has 0 amide bonds. The summed E-state index contributed by atoms with van der Waals surface area (Å²) in [5.41, 5.74) is 3.25. The molecule has 2 aliphatic rings. The molecule has 7 heteroatoms. The Kier molecular flexibility index (Phi) is 6.97. The summed E-state index contributed by atoms with van der Waals surface area (Å²) in [6.07, 6.45) is 9.44. The number of guanidine groups is 1. The van der Waals surface area contributed by atoms with Gasteiger partial charge in [0, 0.05) is 39.1 Å². The molecule has 1 N–H and O–H groups in total. The number of aromatic nitrogens is 2. The van der Waals surface area contributed by atoms with Gasteiger partial charge in [-0.15, -0.1) is 24.0 Å². The van der Waals surface area contributed by atoms with Gasteiger partial charge in [0.2, 0.25) is 0 Å². The second-order valence-electron chi connectivity index (χ2n) is 7.57. The van der Waals surface area contributed by atoms with Crippen LogP contribution in [0, 0.1) is 12.8 Å². The molecule has 2 aromatic heterocycles. The highest BCUT2D eigenvalue weighted by Crippen LogP contribution is 2.30. The lowest BCUT2D eigenvalue weighted by molar-refractivity contribution is 0.0131. The minimum atomic E-state index is 0. The van der Waals surface area contributed by atoms with Crippen LogP contribution in [0.5, 0.6) is 0 Å². The van der Waals surface area contributed by atoms with E-state index in [9.17, 15) is 0 Å². The summed E-state index contributed by atoms with van der Waals surface area (Å²) in [6.45, 7) is 5.74. The van der Waals surface area contributed by atoms with Gasteiger partial charge in [0.1, 0.15) is 5.65 Å². The molecule has 1 aliphatic carbocycles. The topological polar surface area (TPSA) is 54.2 Å². The number of piperidine rings is 1. The lowest BCUT2D eigenvalue weighted by atomic mass is 10.1. The number of aliphatic imine (C=N–C) groups is 1. The number of fused-ring (bicyclic) bond motifs is 1. The number of pyridine rings is 1. The first-order chi connectivity index (χ1) is 12.7. The van der Waals surface area contributed by atoms with E-state index in [4.69, 9.17) is 9.72 Å². The summed E-state index contributed by atoms with van der Waals surface area (Å²) in [7, 11) is 1.85. The second kappa shape index (κ2) is 9.23. The molecule has 0 bridgehead atoms. The zero-order valence-corrected chi connectivity index (χ0v) is 18.6. The molecule has 2 fully saturated rings. The van der Waals surface area contributed by atoms with E-state index in [0.29, 0.717) is 12.6 Å². The number of halogens is 1. The number of hydrogen-bond donors (Lipinski definition) is 1. The Morgan fingerprint density at radius 1 is 1.30 bits per heavy atom. The van der Waals surface area contributed by atoms with Gasteiger partial charge in [-0.05, 0) is 56.2 Å². The first-order valence-electron chi connectivity index (χ1n) is 9.72. The average molecular weight is 483 g/mol. The number of rotatable bonds is 5. The lowest BCUT2D eigenvalue weighted by Crippen LogP contribution is -2.46. The molecule has 0 aromatic carbocycles. The largest absolute Gasteiger partial charge is 0.378 e. The van der Waals surface area contributed by atoms with E-state index in [1.54, 1.807) is 0 Å². The van der Waals surface area contributed by atoms with Gasteiger partial charge in [0.25, 0.3) is 0 Å². The summed E-state index contributed by atoms with van der Waals surface area (Å²) < 4.78 is 8.11. The van der Waals surface area contributed by atoms with Crippen molar-refractivity contribution in [3.63, 3.8) is 0 Å². The van der Waals surface area contributed by atoms with Gasteiger partial charge in [0.05, 0.1) is 18.3 Å². The van der Waals surface area contributed by atoms with Crippen LogP contribution in [0.25, 0.3) is 5.65 Å². The van der Waals surface area contributed by atoms with E-state index in [-0.39, 0.29) is 24.0 Å². The predicted octanol–water partition coefficient (Wildman–Crippen LogP) is 3.23. The molecule has 0 atom stereocenters. The minimum Gasteiger partial charge on any atom is -0.378 e. The highest BCUT2D eigenvalue weighted by molar-refractivity contribution is 14.0. The van der Waals surface area contributed by atoms with Gasteiger partial charge in [-0.3, -0.25) is 4.99 Å². The van der Waals surface area contributed by atoms with E-state index >= 15 is 0 Å². The van der Waals surface area contributed by atoms with Crippen molar-refractivity contribution in [3.05, 3.63) is 35.8 Å². The number of imidazole rings is 1. The van der Waals surface area contributed by atoms with E-state index < -0.39 is 0 Å². The number of ether oxygens (including phenoxy) is 1. The zero-order valence-electron chi connectivity index (χ0n) is 16.2. The summed E-state index contributed by atoms with van der Waals surface area (Å²) in [6, 6.07) is 4.20. The number of aryl methyl sites for hydroxylation is 1. The Morgan fingerprint density at radius 2 is 2.07 bits per heavy atom. The van der Waals surface area contributed by atoms with Crippen LogP contribution in [0.3, 0.4) is 0 Å².